The minimum atomic E-state index is -0.189. The zero-order chi connectivity index (χ0) is 18.2. The van der Waals surface area contributed by atoms with Crippen molar-refractivity contribution in [1.29, 1.82) is 0 Å². The molecule has 3 rings (SSSR count). The summed E-state index contributed by atoms with van der Waals surface area (Å²) in [5, 5.41) is 2.82. The average Bonchev–Trinajstić information content (AvgIpc) is 2.67. The molecule has 4 nitrogen and oxygen atoms in total. The van der Waals surface area contributed by atoms with Crippen molar-refractivity contribution in [3.63, 3.8) is 0 Å². The molecule has 0 saturated heterocycles. The van der Waals surface area contributed by atoms with Gasteiger partial charge in [0.05, 0.1) is 0 Å². The van der Waals surface area contributed by atoms with Gasteiger partial charge in [-0.05, 0) is 35.4 Å². The van der Waals surface area contributed by atoms with Gasteiger partial charge in [-0.25, -0.2) is 4.39 Å². The van der Waals surface area contributed by atoms with Crippen LogP contribution in [0.1, 0.15) is 11.1 Å². The third kappa shape index (κ3) is 5.26. The third-order valence-electron chi connectivity index (χ3n) is 3.75. The first-order valence-electron chi connectivity index (χ1n) is 8.39. The Kier molecular flexibility index (Phi) is 6.55. The second-order valence-electron chi connectivity index (χ2n) is 5.67. The van der Waals surface area contributed by atoms with E-state index in [1.54, 1.807) is 30.0 Å². The van der Waals surface area contributed by atoms with Gasteiger partial charge in [0.2, 0.25) is 5.91 Å². The Labute approximate surface area is 156 Å². The largest absolute Gasteiger partial charge is 0.486 e. The standard InChI is InChI=1S/C20H20FNO3S/c21-17-4-2-1-3-16(17)14-26-12-9-22-20(23)8-6-15-5-7-18-19(13-15)25-11-10-24-18/h1-8,13H,9-12,14H2,(H,22,23)/b8-6+. The van der Waals surface area contributed by atoms with Crippen LogP contribution in [0.25, 0.3) is 6.08 Å². The highest BCUT2D eigenvalue weighted by molar-refractivity contribution is 7.98. The fraction of sp³-hybridized carbons (Fsp3) is 0.250. The number of thioether (sulfide) groups is 1. The van der Waals surface area contributed by atoms with Crippen LogP contribution in [0.3, 0.4) is 0 Å². The highest BCUT2D eigenvalue weighted by Gasteiger charge is 2.10. The van der Waals surface area contributed by atoms with Gasteiger partial charge in [0.25, 0.3) is 0 Å². The topological polar surface area (TPSA) is 47.6 Å². The van der Waals surface area contributed by atoms with Crippen LogP contribution in [0.4, 0.5) is 4.39 Å². The van der Waals surface area contributed by atoms with E-state index in [4.69, 9.17) is 9.47 Å². The summed E-state index contributed by atoms with van der Waals surface area (Å²) < 4.78 is 24.5. The maximum Gasteiger partial charge on any atom is 0.244 e. The first-order valence-corrected chi connectivity index (χ1v) is 9.54. The molecule has 1 aliphatic rings. The molecule has 6 heteroatoms. The van der Waals surface area contributed by atoms with Gasteiger partial charge in [0.15, 0.2) is 11.5 Å². The van der Waals surface area contributed by atoms with Gasteiger partial charge in [-0.3, -0.25) is 4.79 Å². The van der Waals surface area contributed by atoms with E-state index in [9.17, 15) is 9.18 Å². The van der Waals surface area contributed by atoms with E-state index in [0.29, 0.717) is 36.8 Å². The Hall–Kier alpha value is -2.47. The first kappa shape index (κ1) is 18.3. The van der Waals surface area contributed by atoms with Crippen LogP contribution in [-0.4, -0.2) is 31.4 Å². The van der Waals surface area contributed by atoms with Crippen molar-refractivity contribution >= 4 is 23.7 Å². The van der Waals surface area contributed by atoms with Crippen LogP contribution >= 0.6 is 11.8 Å². The van der Waals surface area contributed by atoms with E-state index in [2.05, 4.69) is 5.32 Å². The highest BCUT2D eigenvalue weighted by atomic mass is 32.2. The van der Waals surface area contributed by atoms with Gasteiger partial charge in [0.1, 0.15) is 19.0 Å². The molecule has 136 valence electrons. The molecule has 1 N–H and O–H groups in total. The van der Waals surface area contributed by atoms with Crippen LogP contribution in [0.15, 0.2) is 48.5 Å². The lowest BCUT2D eigenvalue weighted by molar-refractivity contribution is -0.116. The fourth-order valence-electron chi connectivity index (χ4n) is 2.44. The third-order valence-corrected chi connectivity index (χ3v) is 4.76. The molecule has 2 aromatic rings. The summed E-state index contributed by atoms with van der Waals surface area (Å²) >= 11 is 1.58. The zero-order valence-electron chi connectivity index (χ0n) is 14.2. The Balaban J connectivity index is 1.39. The molecular weight excluding hydrogens is 353 g/mol. The molecule has 0 unspecified atom stereocenters. The van der Waals surface area contributed by atoms with E-state index >= 15 is 0 Å². The predicted molar refractivity (Wildman–Crippen MR) is 102 cm³/mol. The van der Waals surface area contributed by atoms with Crippen LogP contribution in [0.2, 0.25) is 0 Å². The van der Waals surface area contributed by atoms with Crippen molar-refractivity contribution in [3.8, 4) is 11.5 Å². The van der Waals surface area contributed by atoms with E-state index < -0.39 is 0 Å². The van der Waals surface area contributed by atoms with Crippen LogP contribution in [-0.2, 0) is 10.5 Å². The number of nitrogens with one attached hydrogen (secondary N) is 1. The normalized spacial score (nSPS) is 13.0. The Morgan fingerprint density at radius 2 is 1.96 bits per heavy atom. The fourth-order valence-corrected chi connectivity index (χ4v) is 3.28. The summed E-state index contributed by atoms with van der Waals surface area (Å²) in [6.07, 6.45) is 3.23. The van der Waals surface area contributed by atoms with Crippen molar-refractivity contribution in [1.82, 2.24) is 5.32 Å². The predicted octanol–water partition coefficient (Wildman–Crippen LogP) is 3.66. The smallest absolute Gasteiger partial charge is 0.244 e. The number of carbonyl (C=O) groups excluding carboxylic acids is 1. The molecule has 2 aromatic carbocycles. The molecule has 0 aromatic heterocycles. The molecule has 0 saturated carbocycles. The number of amides is 1. The van der Waals surface area contributed by atoms with Crippen molar-refractivity contribution in [2.45, 2.75) is 5.75 Å². The molecule has 0 bridgehead atoms. The summed E-state index contributed by atoms with van der Waals surface area (Å²) in [7, 11) is 0. The number of fused-ring (bicyclic) bond motifs is 1. The first-order chi connectivity index (χ1) is 12.7. The number of benzene rings is 2. The van der Waals surface area contributed by atoms with Crippen molar-refractivity contribution in [2.24, 2.45) is 0 Å². The van der Waals surface area contributed by atoms with Crippen molar-refractivity contribution < 1.29 is 18.7 Å². The number of hydrogen-bond donors (Lipinski definition) is 1. The maximum absolute atomic E-state index is 13.5. The van der Waals surface area contributed by atoms with Crippen LogP contribution < -0.4 is 14.8 Å². The minimum Gasteiger partial charge on any atom is -0.486 e. The van der Waals surface area contributed by atoms with Gasteiger partial charge >= 0.3 is 0 Å². The molecule has 1 amide bonds. The van der Waals surface area contributed by atoms with E-state index in [-0.39, 0.29) is 11.7 Å². The van der Waals surface area contributed by atoms with E-state index in [0.717, 1.165) is 17.1 Å². The number of ether oxygens (including phenoxy) is 2. The second-order valence-corrected chi connectivity index (χ2v) is 6.78. The minimum absolute atomic E-state index is 0.161. The van der Waals surface area contributed by atoms with Crippen molar-refractivity contribution in [2.75, 3.05) is 25.5 Å². The molecule has 0 fully saturated rings. The lowest BCUT2D eigenvalue weighted by Gasteiger charge is -2.18. The summed E-state index contributed by atoms with van der Waals surface area (Å²) in [5.41, 5.74) is 1.56. The second kappa shape index (κ2) is 9.29. The molecular formula is C20H20FNO3S. The Morgan fingerprint density at radius 1 is 1.15 bits per heavy atom. The lowest BCUT2D eigenvalue weighted by Crippen LogP contribution is -2.23. The monoisotopic (exact) mass is 373 g/mol. The molecule has 0 aliphatic carbocycles. The number of rotatable bonds is 7. The summed E-state index contributed by atoms with van der Waals surface area (Å²) in [6.45, 7) is 1.62. The molecule has 26 heavy (non-hydrogen) atoms. The lowest BCUT2D eigenvalue weighted by atomic mass is 10.2. The maximum atomic E-state index is 13.5. The van der Waals surface area contributed by atoms with Gasteiger partial charge in [-0.2, -0.15) is 11.8 Å². The Bertz CT molecular complexity index is 794. The van der Waals surface area contributed by atoms with Crippen molar-refractivity contribution in [3.05, 3.63) is 65.5 Å². The summed E-state index contributed by atoms with van der Waals surface area (Å²) in [5.74, 6) is 2.39. The Morgan fingerprint density at radius 3 is 2.81 bits per heavy atom. The molecule has 1 heterocycles. The molecule has 0 radical (unpaired) electrons. The average molecular weight is 373 g/mol. The van der Waals surface area contributed by atoms with Gasteiger partial charge in [-0.1, -0.05) is 24.3 Å². The number of hydrogen-bond acceptors (Lipinski definition) is 4. The molecule has 0 spiro atoms. The van der Waals surface area contributed by atoms with Gasteiger partial charge < -0.3 is 14.8 Å². The number of halogens is 1. The molecule has 0 atom stereocenters. The van der Waals surface area contributed by atoms with Crippen LogP contribution in [0, 0.1) is 5.82 Å². The summed E-state index contributed by atoms with van der Waals surface area (Å²) in [6, 6.07) is 12.3. The SMILES string of the molecule is O=C(/C=C/c1ccc2c(c1)OCCO2)NCCSCc1ccccc1F. The number of carbonyl (C=O) groups is 1. The van der Waals surface area contributed by atoms with E-state index in [1.165, 1.54) is 12.1 Å². The van der Waals surface area contributed by atoms with Gasteiger partial charge in [-0.15, -0.1) is 0 Å². The summed E-state index contributed by atoms with van der Waals surface area (Å²) in [4.78, 5) is 11.9. The molecule has 1 aliphatic heterocycles. The van der Waals surface area contributed by atoms with Crippen LogP contribution in [0.5, 0.6) is 11.5 Å². The highest BCUT2D eigenvalue weighted by Crippen LogP contribution is 2.31. The quantitative estimate of drug-likeness (QED) is 0.594. The van der Waals surface area contributed by atoms with E-state index in [1.807, 2.05) is 24.3 Å². The zero-order valence-corrected chi connectivity index (χ0v) is 15.1. The van der Waals surface area contributed by atoms with Gasteiger partial charge in [0, 0.05) is 24.1 Å².